The van der Waals surface area contributed by atoms with Crippen LogP contribution < -0.4 is 0 Å². The standard InChI is InChI=1S/C17H26N6O2/c1-11(16-20-19-12(2)24-16)22(3)14-5-4-8-23(9-14)10-15-18-17(25-21-15)13-6-7-13/h11,13-14H,4-10H2,1-3H3/t11-,14-/m0/s1. The Bertz CT molecular complexity index is 710. The molecular formula is C17H26N6O2. The molecule has 2 aliphatic rings. The maximum atomic E-state index is 5.60. The van der Waals surface area contributed by atoms with Gasteiger partial charge in [0.25, 0.3) is 0 Å². The third-order valence-corrected chi connectivity index (χ3v) is 5.34. The van der Waals surface area contributed by atoms with Crippen molar-refractivity contribution in [2.75, 3.05) is 20.1 Å². The summed E-state index contributed by atoms with van der Waals surface area (Å²) in [6, 6.07) is 0.559. The molecule has 2 atom stereocenters. The lowest BCUT2D eigenvalue weighted by molar-refractivity contribution is 0.0764. The Morgan fingerprint density at radius 2 is 2.12 bits per heavy atom. The molecule has 1 aliphatic carbocycles. The highest BCUT2D eigenvalue weighted by atomic mass is 16.5. The summed E-state index contributed by atoms with van der Waals surface area (Å²) >= 11 is 0. The first kappa shape index (κ1) is 16.7. The lowest BCUT2D eigenvalue weighted by atomic mass is 10.0. The van der Waals surface area contributed by atoms with Crippen molar-refractivity contribution in [3.05, 3.63) is 23.5 Å². The minimum Gasteiger partial charge on any atom is -0.424 e. The first-order chi connectivity index (χ1) is 12.1. The van der Waals surface area contributed by atoms with E-state index in [0.29, 0.717) is 23.7 Å². The van der Waals surface area contributed by atoms with E-state index in [9.17, 15) is 0 Å². The summed E-state index contributed by atoms with van der Waals surface area (Å²) in [6.07, 6.45) is 4.71. The summed E-state index contributed by atoms with van der Waals surface area (Å²) in [4.78, 5) is 9.31. The third-order valence-electron chi connectivity index (χ3n) is 5.34. The molecule has 2 aromatic rings. The number of likely N-dealkylation sites (N-methyl/N-ethyl adjacent to an activating group) is 1. The van der Waals surface area contributed by atoms with Crippen LogP contribution in [-0.2, 0) is 6.54 Å². The molecule has 4 rings (SSSR count). The monoisotopic (exact) mass is 346 g/mol. The second kappa shape index (κ2) is 6.84. The first-order valence-corrected chi connectivity index (χ1v) is 9.17. The molecule has 136 valence electrons. The number of piperidine rings is 1. The summed E-state index contributed by atoms with van der Waals surface area (Å²) in [5, 5.41) is 12.3. The Morgan fingerprint density at radius 3 is 2.84 bits per heavy atom. The fourth-order valence-corrected chi connectivity index (χ4v) is 3.51. The Kier molecular flexibility index (Phi) is 4.56. The number of hydrogen-bond acceptors (Lipinski definition) is 8. The molecule has 25 heavy (non-hydrogen) atoms. The van der Waals surface area contributed by atoms with Gasteiger partial charge >= 0.3 is 0 Å². The van der Waals surface area contributed by atoms with Crippen molar-refractivity contribution in [1.29, 1.82) is 0 Å². The number of aryl methyl sites for hydroxylation is 1. The molecule has 1 saturated carbocycles. The zero-order chi connectivity index (χ0) is 17.4. The van der Waals surface area contributed by atoms with Gasteiger partial charge in [0.2, 0.25) is 17.7 Å². The van der Waals surface area contributed by atoms with E-state index < -0.39 is 0 Å². The summed E-state index contributed by atoms with van der Waals surface area (Å²) in [6.45, 7) is 6.76. The minimum atomic E-state index is 0.109. The molecule has 0 N–H and O–H groups in total. The summed E-state index contributed by atoms with van der Waals surface area (Å²) in [5.41, 5.74) is 0. The van der Waals surface area contributed by atoms with Crippen LogP contribution in [0.3, 0.4) is 0 Å². The molecular weight excluding hydrogens is 320 g/mol. The van der Waals surface area contributed by atoms with Crippen LogP contribution in [-0.4, -0.2) is 56.3 Å². The van der Waals surface area contributed by atoms with Crippen molar-refractivity contribution in [2.24, 2.45) is 0 Å². The topological polar surface area (TPSA) is 84.3 Å². The molecule has 1 aliphatic heterocycles. The predicted octanol–water partition coefficient (Wildman–Crippen LogP) is 2.30. The Morgan fingerprint density at radius 1 is 1.28 bits per heavy atom. The maximum absolute atomic E-state index is 5.60. The summed E-state index contributed by atoms with van der Waals surface area (Å²) in [7, 11) is 2.14. The molecule has 2 aromatic heterocycles. The Hall–Kier alpha value is -1.80. The number of rotatable bonds is 6. The molecule has 8 heteroatoms. The largest absolute Gasteiger partial charge is 0.424 e. The van der Waals surface area contributed by atoms with E-state index in [1.807, 2.05) is 6.92 Å². The van der Waals surface area contributed by atoms with E-state index in [2.05, 4.69) is 44.1 Å². The second-order valence-corrected chi connectivity index (χ2v) is 7.36. The van der Waals surface area contributed by atoms with Crippen LogP contribution in [0.2, 0.25) is 0 Å². The summed E-state index contributed by atoms with van der Waals surface area (Å²) in [5.74, 6) is 3.44. The second-order valence-electron chi connectivity index (χ2n) is 7.36. The SMILES string of the molecule is Cc1nnc([C@H](C)N(C)[C@H]2CCCN(Cc3noc(C4CC4)n3)C2)o1. The maximum Gasteiger partial charge on any atom is 0.233 e. The van der Waals surface area contributed by atoms with Gasteiger partial charge in [-0.15, -0.1) is 10.2 Å². The van der Waals surface area contributed by atoms with E-state index in [0.717, 1.165) is 37.8 Å². The van der Waals surface area contributed by atoms with Gasteiger partial charge in [-0.25, -0.2) is 0 Å². The highest BCUT2D eigenvalue weighted by Gasteiger charge is 2.31. The van der Waals surface area contributed by atoms with E-state index in [1.165, 1.54) is 19.3 Å². The van der Waals surface area contributed by atoms with Gasteiger partial charge in [0.05, 0.1) is 12.6 Å². The van der Waals surface area contributed by atoms with E-state index in [1.54, 1.807) is 0 Å². The fraction of sp³-hybridized carbons (Fsp3) is 0.765. The van der Waals surface area contributed by atoms with Gasteiger partial charge < -0.3 is 8.94 Å². The number of likely N-dealkylation sites (tertiary alicyclic amines) is 1. The van der Waals surface area contributed by atoms with Crippen LogP contribution in [0.4, 0.5) is 0 Å². The van der Waals surface area contributed by atoms with Gasteiger partial charge in [0.15, 0.2) is 5.82 Å². The first-order valence-electron chi connectivity index (χ1n) is 9.17. The number of hydrogen-bond donors (Lipinski definition) is 0. The van der Waals surface area contributed by atoms with E-state index in [4.69, 9.17) is 8.94 Å². The van der Waals surface area contributed by atoms with Crippen molar-refractivity contribution in [3.8, 4) is 0 Å². The molecule has 2 fully saturated rings. The average Bonchev–Trinajstić information content (AvgIpc) is 3.22. The lowest BCUT2D eigenvalue weighted by Crippen LogP contribution is -2.47. The quantitative estimate of drug-likeness (QED) is 0.788. The fourth-order valence-electron chi connectivity index (χ4n) is 3.51. The Labute approximate surface area is 147 Å². The van der Waals surface area contributed by atoms with Crippen molar-refractivity contribution in [2.45, 2.75) is 64.1 Å². The molecule has 8 nitrogen and oxygen atoms in total. The molecule has 0 spiro atoms. The van der Waals surface area contributed by atoms with Gasteiger partial charge in [-0.2, -0.15) is 4.98 Å². The zero-order valence-corrected chi connectivity index (χ0v) is 15.2. The molecule has 0 radical (unpaired) electrons. The normalized spacial score (nSPS) is 23.3. The van der Waals surface area contributed by atoms with Gasteiger partial charge in [0, 0.05) is 25.4 Å². The lowest BCUT2D eigenvalue weighted by Gasteiger charge is -2.38. The molecule has 3 heterocycles. The number of aromatic nitrogens is 4. The Balaban J connectivity index is 1.36. The van der Waals surface area contributed by atoms with Crippen molar-refractivity contribution < 1.29 is 8.94 Å². The van der Waals surface area contributed by atoms with E-state index in [-0.39, 0.29) is 6.04 Å². The predicted molar refractivity (Wildman–Crippen MR) is 89.8 cm³/mol. The minimum absolute atomic E-state index is 0.109. The van der Waals surface area contributed by atoms with Crippen LogP contribution in [0.25, 0.3) is 0 Å². The van der Waals surface area contributed by atoms with Crippen LogP contribution >= 0.6 is 0 Å². The third kappa shape index (κ3) is 3.74. The van der Waals surface area contributed by atoms with Crippen LogP contribution in [0.5, 0.6) is 0 Å². The smallest absolute Gasteiger partial charge is 0.233 e. The van der Waals surface area contributed by atoms with Crippen LogP contribution in [0.1, 0.15) is 68.1 Å². The van der Waals surface area contributed by atoms with Gasteiger partial charge in [-0.05, 0) is 46.2 Å². The highest BCUT2D eigenvalue weighted by Crippen LogP contribution is 2.38. The molecule has 0 aromatic carbocycles. The molecule has 0 unspecified atom stereocenters. The van der Waals surface area contributed by atoms with Crippen molar-refractivity contribution in [1.82, 2.24) is 30.1 Å². The zero-order valence-electron chi connectivity index (χ0n) is 15.2. The van der Waals surface area contributed by atoms with Gasteiger partial charge in [-0.3, -0.25) is 9.80 Å². The van der Waals surface area contributed by atoms with Crippen molar-refractivity contribution >= 4 is 0 Å². The molecule has 0 amide bonds. The van der Waals surface area contributed by atoms with Gasteiger partial charge in [0.1, 0.15) is 0 Å². The average molecular weight is 346 g/mol. The van der Waals surface area contributed by atoms with Crippen LogP contribution in [0, 0.1) is 6.92 Å². The van der Waals surface area contributed by atoms with Gasteiger partial charge in [-0.1, -0.05) is 5.16 Å². The molecule has 1 saturated heterocycles. The summed E-state index contributed by atoms with van der Waals surface area (Å²) < 4.78 is 11.0. The van der Waals surface area contributed by atoms with E-state index >= 15 is 0 Å². The molecule has 0 bridgehead atoms. The number of nitrogens with zero attached hydrogens (tertiary/aromatic N) is 6. The van der Waals surface area contributed by atoms with Crippen LogP contribution in [0.15, 0.2) is 8.94 Å². The van der Waals surface area contributed by atoms with Crippen molar-refractivity contribution in [3.63, 3.8) is 0 Å². The highest BCUT2D eigenvalue weighted by molar-refractivity contribution is 5.02.